The molecular formula is C42H36Cl2SiZr. The van der Waals surface area contributed by atoms with Crippen molar-refractivity contribution in [1.82, 2.24) is 0 Å². The first-order valence-corrected chi connectivity index (χ1v) is 29.7. The van der Waals surface area contributed by atoms with Crippen LogP contribution in [0.5, 0.6) is 0 Å². The second-order valence-corrected chi connectivity index (χ2v) is 45.5. The number of benzene rings is 6. The van der Waals surface area contributed by atoms with Gasteiger partial charge in [-0.25, -0.2) is 0 Å². The van der Waals surface area contributed by atoms with Gasteiger partial charge in [0.25, 0.3) is 0 Å². The molecule has 0 nitrogen and oxygen atoms in total. The van der Waals surface area contributed by atoms with Gasteiger partial charge in [-0.2, -0.15) is 0 Å². The summed E-state index contributed by atoms with van der Waals surface area (Å²) in [5.74, 6) is 0. The van der Waals surface area contributed by atoms with E-state index < -0.39 is 17.4 Å². The van der Waals surface area contributed by atoms with Crippen molar-refractivity contribution < 1.29 is 17.4 Å². The summed E-state index contributed by atoms with van der Waals surface area (Å²) >= 11 is -3.78. The maximum absolute atomic E-state index is 3.78. The molecule has 0 radical (unpaired) electrons. The van der Waals surface area contributed by atoms with Crippen LogP contribution in [0.25, 0.3) is 78.2 Å². The molecule has 6 aromatic carbocycles. The number of fused-ring (bicyclic) bond motifs is 10. The van der Waals surface area contributed by atoms with Crippen LogP contribution >= 0.6 is 24.8 Å². The molecule has 2 atom stereocenters. The van der Waals surface area contributed by atoms with Gasteiger partial charge in [-0.3, -0.25) is 0 Å². The average molecular weight is 731 g/mol. The van der Waals surface area contributed by atoms with Gasteiger partial charge in [0.15, 0.2) is 0 Å². The van der Waals surface area contributed by atoms with E-state index >= 15 is 0 Å². The molecule has 0 heterocycles. The van der Waals surface area contributed by atoms with E-state index in [1.54, 1.807) is 22.3 Å². The van der Waals surface area contributed by atoms with Gasteiger partial charge in [0.2, 0.25) is 0 Å². The van der Waals surface area contributed by atoms with E-state index in [0.717, 1.165) is 0 Å². The molecule has 0 N–H and O–H groups in total. The second-order valence-electron chi connectivity index (χ2n) is 15.0. The molecule has 46 heavy (non-hydrogen) atoms. The van der Waals surface area contributed by atoms with Gasteiger partial charge in [-0.15, -0.1) is 24.8 Å². The molecule has 6 aromatic rings. The molecule has 4 aliphatic rings. The third-order valence-corrected chi connectivity index (χ3v) is 29.4. The van der Waals surface area contributed by atoms with Gasteiger partial charge >= 0.3 is 263 Å². The fourth-order valence-electron chi connectivity index (χ4n) is 10.4. The van der Waals surface area contributed by atoms with Crippen molar-refractivity contribution >= 4 is 65.4 Å². The standard InChI is InChI=1S/2C20H13.2CH3.2ClH.H2Si.Zr/c2*1-12-10-14-8-9-16-15-6-2-4-13-5-3-7-17(19(13)15)20(16)18(14)11-12;;;;;;/h2*2-11H,1H3;2*1H3;2*1H;1H2;. The van der Waals surface area contributed by atoms with Gasteiger partial charge in [-0.05, 0) is 0 Å². The number of rotatable bonds is 2. The Kier molecular flexibility index (Phi) is 6.45. The minimum absolute atomic E-state index is 0. The summed E-state index contributed by atoms with van der Waals surface area (Å²) in [6, 6.07) is 37.2. The van der Waals surface area contributed by atoms with Crippen LogP contribution in [0.4, 0.5) is 0 Å². The molecule has 0 bridgehead atoms. The zero-order chi connectivity index (χ0) is 29.7. The van der Waals surface area contributed by atoms with Crippen LogP contribution in [-0.2, 0) is 17.4 Å². The Bertz CT molecular complexity index is 2330. The summed E-state index contributed by atoms with van der Waals surface area (Å²) in [6.45, 7) is 7.35. The average Bonchev–Trinajstić information content (AvgIpc) is 3.73. The second kappa shape index (κ2) is 9.77. The summed E-state index contributed by atoms with van der Waals surface area (Å²) in [6.07, 6.45) is 5.08. The molecule has 0 fully saturated rings. The largest absolute Gasteiger partial charge is 0.147 e. The number of hydrogen-bond donors (Lipinski definition) is 0. The Morgan fingerprint density at radius 1 is 0.478 bits per heavy atom. The quantitative estimate of drug-likeness (QED) is 0.155. The summed E-state index contributed by atoms with van der Waals surface area (Å²) in [7, 11) is 0. The molecule has 226 valence electrons. The molecule has 10 rings (SSSR count). The van der Waals surface area contributed by atoms with E-state index in [-0.39, 0.29) is 24.8 Å². The Labute approximate surface area is 285 Å². The summed E-state index contributed by atoms with van der Waals surface area (Å²) in [4.78, 5) is 0. The molecule has 0 aromatic heterocycles. The zero-order valence-corrected chi connectivity index (χ0v) is 32.1. The molecule has 0 amide bonds. The van der Waals surface area contributed by atoms with Crippen LogP contribution in [0.3, 0.4) is 0 Å². The summed E-state index contributed by atoms with van der Waals surface area (Å²) in [5, 5.41) is 5.59. The molecule has 4 heteroatoms. The fourth-order valence-corrected chi connectivity index (χ4v) is 31.4. The molecule has 2 unspecified atom stereocenters. The van der Waals surface area contributed by atoms with Crippen LogP contribution in [0.1, 0.15) is 43.4 Å². The maximum Gasteiger partial charge on any atom is -0.147 e. The van der Waals surface area contributed by atoms with Crippen molar-refractivity contribution in [2.45, 2.75) is 30.4 Å². The monoisotopic (exact) mass is 728 g/mol. The summed E-state index contributed by atoms with van der Waals surface area (Å²) in [5.41, 5.74) is 20.9. The molecular weight excluding hydrogens is 695 g/mol. The van der Waals surface area contributed by atoms with Gasteiger partial charge in [0.05, 0.1) is 0 Å². The van der Waals surface area contributed by atoms with Gasteiger partial charge in [0.1, 0.15) is 0 Å². The third kappa shape index (κ3) is 3.60. The number of halogens is 2. The van der Waals surface area contributed by atoms with E-state index in [9.17, 15) is 0 Å². The van der Waals surface area contributed by atoms with Gasteiger partial charge < -0.3 is 0 Å². The van der Waals surface area contributed by atoms with Crippen molar-refractivity contribution in [2.75, 3.05) is 0 Å². The fraction of sp³-hybridized carbons (Fsp3) is 0.143. The van der Waals surface area contributed by atoms with Crippen molar-refractivity contribution in [2.24, 2.45) is 0 Å². The minimum Gasteiger partial charge on any atom is -0.147 e. The number of allylic oxidation sites excluding steroid dienone is 2. The van der Waals surface area contributed by atoms with E-state index in [1.165, 1.54) is 77.2 Å². The van der Waals surface area contributed by atoms with Crippen molar-refractivity contribution in [3.8, 4) is 44.5 Å². The molecule has 4 aliphatic carbocycles. The molecule has 0 aliphatic heterocycles. The molecule has 0 spiro atoms. The van der Waals surface area contributed by atoms with Crippen LogP contribution in [-0.4, -0.2) is 6.88 Å². The van der Waals surface area contributed by atoms with Crippen molar-refractivity contribution in [1.29, 1.82) is 0 Å². The zero-order valence-electron chi connectivity index (χ0n) is 26.6. The summed E-state index contributed by atoms with van der Waals surface area (Å²) < 4.78 is 6.55. The van der Waals surface area contributed by atoms with Crippen molar-refractivity contribution in [3.05, 3.63) is 130 Å². The molecule has 0 saturated carbocycles. The van der Waals surface area contributed by atoms with Crippen LogP contribution < -0.4 is 0 Å². The Morgan fingerprint density at radius 2 is 0.848 bits per heavy atom. The van der Waals surface area contributed by atoms with Crippen LogP contribution in [0, 0.1) is 0 Å². The number of hydrogen-bond acceptors (Lipinski definition) is 0. The maximum atomic E-state index is 2.79. The topological polar surface area (TPSA) is 0 Å². The molecule has 0 saturated heterocycles. The predicted octanol–water partition coefficient (Wildman–Crippen LogP) is 12.1. The van der Waals surface area contributed by atoms with E-state index in [2.05, 4.69) is 139 Å². The van der Waals surface area contributed by atoms with Gasteiger partial charge in [-0.1, -0.05) is 0 Å². The Morgan fingerprint density at radius 3 is 1.24 bits per heavy atom. The Hall–Kier alpha value is -3.00. The first-order chi connectivity index (χ1) is 21.2. The first-order valence-electron chi connectivity index (χ1n) is 16.0. The first kappa shape index (κ1) is 30.3. The third-order valence-electron chi connectivity index (χ3n) is 11.6. The van der Waals surface area contributed by atoms with Crippen molar-refractivity contribution in [3.63, 3.8) is 0 Å². The smallest absolute Gasteiger partial charge is 0.147 e. The normalized spacial score (nSPS) is 17.9. The SMILES string of the molecule is CC1=Cc2ccc3c(c2[CH]1[Zr]([CH3])([CH3])(=[SiH2])[CH]1C(C)=Cc2ccc4c(c21)-c1cccc2cccc-4c12)-c1cccc2cccc-3c12.Cl.Cl. The Balaban J connectivity index is 0.00000156. The minimum atomic E-state index is -3.78. The van der Waals surface area contributed by atoms with Gasteiger partial charge in [0, 0.05) is 0 Å². The van der Waals surface area contributed by atoms with E-state index in [4.69, 9.17) is 0 Å². The van der Waals surface area contributed by atoms with Crippen LogP contribution in [0.15, 0.2) is 108 Å². The van der Waals surface area contributed by atoms with E-state index in [0.29, 0.717) is 7.25 Å². The van der Waals surface area contributed by atoms with E-state index in [1.807, 2.05) is 0 Å². The predicted molar refractivity (Wildman–Crippen MR) is 204 cm³/mol. The van der Waals surface area contributed by atoms with Crippen LogP contribution in [0.2, 0.25) is 9.26 Å².